The van der Waals surface area contributed by atoms with Crippen LogP contribution in [0.2, 0.25) is 5.02 Å². The lowest BCUT2D eigenvalue weighted by Gasteiger charge is -2.33. The molecule has 2 saturated heterocycles. The lowest BCUT2D eigenvalue weighted by atomic mass is 9.78. The number of benzene rings is 1. The molecule has 1 amide bonds. The molecule has 0 saturated carbocycles. The molecule has 1 spiro atoms. The van der Waals surface area contributed by atoms with E-state index in [2.05, 4.69) is 5.32 Å². The van der Waals surface area contributed by atoms with Gasteiger partial charge in [0.2, 0.25) is 5.91 Å². The lowest BCUT2D eigenvalue weighted by Crippen LogP contribution is -2.38. The van der Waals surface area contributed by atoms with Gasteiger partial charge in [0.15, 0.2) is 0 Å². The summed E-state index contributed by atoms with van der Waals surface area (Å²) in [4.78, 5) is 14.0. The fraction of sp³-hybridized carbons (Fsp3) is 0.533. The number of halogens is 2. The van der Waals surface area contributed by atoms with Crippen LogP contribution < -0.4 is 5.32 Å². The molecule has 0 radical (unpaired) electrons. The van der Waals surface area contributed by atoms with Gasteiger partial charge in [-0.2, -0.15) is 0 Å². The van der Waals surface area contributed by atoms with Crippen molar-refractivity contribution in [2.24, 2.45) is 5.41 Å². The van der Waals surface area contributed by atoms with Crippen molar-refractivity contribution in [2.45, 2.75) is 25.8 Å². The molecule has 20 heavy (non-hydrogen) atoms. The van der Waals surface area contributed by atoms with Gasteiger partial charge in [0, 0.05) is 19.5 Å². The molecule has 1 aromatic carbocycles. The Balaban J connectivity index is 1.71. The lowest BCUT2D eigenvalue weighted by molar-refractivity contribution is -0.128. The summed E-state index contributed by atoms with van der Waals surface area (Å²) in [7, 11) is 0. The van der Waals surface area contributed by atoms with Gasteiger partial charge in [-0.05, 0) is 49.0 Å². The Morgan fingerprint density at radius 1 is 1.35 bits per heavy atom. The first-order chi connectivity index (χ1) is 9.58. The van der Waals surface area contributed by atoms with Crippen molar-refractivity contribution in [1.82, 2.24) is 10.2 Å². The van der Waals surface area contributed by atoms with E-state index in [-0.39, 0.29) is 16.3 Å². The summed E-state index contributed by atoms with van der Waals surface area (Å²) >= 11 is 5.68. The molecule has 1 aromatic rings. The topological polar surface area (TPSA) is 32.3 Å². The summed E-state index contributed by atoms with van der Waals surface area (Å²) in [6.07, 6.45) is 2.72. The Bertz CT molecular complexity index is 529. The van der Waals surface area contributed by atoms with Crippen LogP contribution in [-0.4, -0.2) is 30.4 Å². The van der Waals surface area contributed by atoms with Gasteiger partial charge in [-0.15, -0.1) is 0 Å². The SMILES string of the molecule is O=C1CC2(CCNCC2)CN1Cc1ccc(Cl)c(F)c1. The van der Waals surface area contributed by atoms with E-state index in [9.17, 15) is 9.18 Å². The van der Waals surface area contributed by atoms with Crippen molar-refractivity contribution in [2.75, 3.05) is 19.6 Å². The maximum Gasteiger partial charge on any atom is 0.223 e. The van der Waals surface area contributed by atoms with E-state index in [0.29, 0.717) is 13.0 Å². The molecule has 0 bridgehead atoms. The van der Waals surface area contributed by atoms with Gasteiger partial charge in [-0.1, -0.05) is 17.7 Å². The molecule has 5 heteroatoms. The number of hydrogen-bond acceptors (Lipinski definition) is 2. The summed E-state index contributed by atoms with van der Waals surface area (Å²) in [6, 6.07) is 4.75. The van der Waals surface area contributed by atoms with Crippen LogP contribution in [0.4, 0.5) is 4.39 Å². The van der Waals surface area contributed by atoms with Crippen molar-refractivity contribution in [3.8, 4) is 0 Å². The average Bonchev–Trinajstić information content (AvgIpc) is 2.71. The second-order valence-electron chi connectivity index (χ2n) is 5.93. The van der Waals surface area contributed by atoms with Crippen LogP contribution >= 0.6 is 11.6 Å². The third kappa shape index (κ3) is 2.67. The smallest absolute Gasteiger partial charge is 0.223 e. The number of piperidine rings is 1. The predicted molar refractivity (Wildman–Crippen MR) is 76.0 cm³/mol. The highest BCUT2D eigenvalue weighted by Gasteiger charge is 2.43. The predicted octanol–water partition coefficient (Wildman–Crippen LogP) is 2.58. The van der Waals surface area contributed by atoms with Gasteiger partial charge in [0.05, 0.1) is 5.02 Å². The first kappa shape index (κ1) is 13.8. The minimum atomic E-state index is -0.424. The molecular weight excluding hydrogens is 279 g/mol. The minimum Gasteiger partial charge on any atom is -0.338 e. The number of likely N-dealkylation sites (tertiary alicyclic amines) is 1. The van der Waals surface area contributed by atoms with E-state index < -0.39 is 5.82 Å². The largest absolute Gasteiger partial charge is 0.338 e. The molecule has 3 nitrogen and oxygen atoms in total. The Morgan fingerprint density at radius 3 is 2.80 bits per heavy atom. The zero-order chi connectivity index (χ0) is 14.2. The highest BCUT2D eigenvalue weighted by atomic mass is 35.5. The number of rotatable bonds is 2. The van der Waals surface area contributed by atoms with Gasteiger partial charge in [0.1, 0.15) is 5.82 Å². The quantitative estimate of drug-likeness (QED) is 0.910. The first-order valence-electron chi connectivity index (χ1n) is 7.00. The molecule has 108 valence electrons. The number of nitrogens with one attached hydrogen (secondary N) is 1. The van der Waals surface area contributed by atoms with Crippen molar-refractivity contribution < 1.29 is 9.18 Å². The van der Waals surface area contributed by atoms with Crippen molar-refractivity contribution in [3.63, 3.8) is 0 Å². The Morgan fingerprint density at radius 2 is 2.10 bits per heavy atom. The fourth-order valence-corrected chi connectivity index (χ4v) is 3.39. The molecule has 2 aliphatic rings. The maximum absolute atomic E-state index is 13.5. The average molecular weight is 297 g/mol. The Hall–Kier alpha value is -1.13. The van der Waals surface area contributed by atoms with Crippen LogP contribution in [0, 0.1) is 11.2 Å². The zero-order valence-electron chi connectivity index (χ0n) is 11.3. The van der Waals surface area contributed by atoms with Crippen LogP contribution in [0.5, 0.6) is 0 Å². The summed E-state index contributed by atoms with van der Waals surface area (Å²) < 4.78 is 13.5. The van der Waals surface area contributed by atoms with Crippen molar-refractivity contribution >= 4 is 17.5 Å². The molecule has 0 atom stereocenters. The molecule has 0 aliphatic carbocycles. The third-order valence-corrected chi connectivity index (χ3v) is 4.73. The normalized spacial score (nSPS) is 21.7. The number of amides is 1. The number of hydrogen-bond donors (Lipinski definition) is 1. The number of carbonyl (C=O) groups excluding carboxylic acids is 1. The molecule has 2 aliphatic heterocycles. The van der Waals surface area contributed by atoms with Gasteiger partial charge in [-0.25, -0.2) is 4.39 Å². The maximum atomic E-state index is 13.5. The van der Waals surface area contributed by atoms with Gasteiger partial charge in [-0.3, -0.25) is 4.79 Å². The summed E-state index contributed by atoms with van der Waals surface area (Å²) in [5.74, 6) is -0.241. The summed E-state index contributed by atoms with van der Waals surface area (Å²) in [5.41, 5.74) is 0.930. The van der Waals surface area contributed by atoms with Crippen molar-refractivity contribution in [3.05, 3.63) is 34.6 Å². The number of nitrogens with zero attached hydrogens (tertiary/aromatic N) is 1. The van der Waals surface area contributed by atoms with E-state index in [4.69, 9.17) is 11.6 Å². The third-order valence-electron chi connectivity index (χ3n) is 4.43. The highest BCUT2D eigenvalue weighted by molar-refractivity contribution is 6.30. The van der Waals surface area contributed by atoms with E-state index in [0.717, 1.165) is 38.0 Å². The Kier molecular flexibility index (Phi) is 3.69. The van der Waals surface area contributed by atoms with Crippen LogP contribution in [-0.2, 0) is 11.3 Å². The van der Waals surface area contributed by atoms with Gasteiger partial charge >= 0.3 is 0 Å². The minimum absolute atomic E-state index is 0.122. The second-order valence-corrected chi connectivity index (χ2v) is 6.33. The molecule has 1 N–H and O–H groups in total. The summed E-state index contributed by atoms with van der Waals surface area (Å²) in [5, 5.41) is 3.46. The van der Waals surface area contributed by atoms with Crippen LogP contribution in [0.1, 0.15) is 24.8 Å². The zero-order valence-corrected chi connectivity index (χ0v) is 12.0. The van der Waals surface area contributed by atoms with Gasteiger partial charge < -0.3 is 10.2 Å². The molecule has 3 rings (SSSR count). The highest BCUT2D eigenvalue weighted by Crippen LogP contribution is 2.39. The fourth-order valence-electron chi connectivity index (χ4n) is 3.28. The van der Waals surface area contributed by atoms with E-state index in [1.54, 1.807) is 12.1 Å². The summed E-state index contributed by atoms with van der Waals surface area (Å²) in [6.45, 7) is 3.23. The van der Waals surface area contributed by atoms with Crippen LogP contribution in [0.25, 0.3) is 0 Å². The monoisotopic (exact) mass is 296 g/mol. The van der Waals surface area contributed by atoms with Crippen LogP contribution in [0.3, 0.4) is 0 Å². The van der Waals surface area contributed by atoms with E-state index in [1.807, 2.05) is 4.90 Å². The first-order valence-corrected chi connectivity index (χ1v) is 7.38. The standard InChI is InChI=1S/C15H18ClFN2O/c16-12-2-1-11(7-13(12)17)9-19-10-15(8-14(19)20)3-5-18-6-4-15/h1-2,7,18H,3-6,8-10H2. The molecule has 2 heterocycles. The second kappa shape index (κ2) is 5.34. The van der Waals surface area contributed by atoms with Gasteiger partial charge in [0.25, 0.3) is 0 Å². The number of carbonyl (C=O) groups is 1. The van der Waals surface area contributed by atoms with E-state index in [1.165, 1.54) is 6.07 Å². The van der Waals surface area contributed by atoms with E-state index >= 15 is 0 Å². The van der Waals surface area contributed by atoms with Crippen LogP contribution in [0.15, 0.2) is 18.2 Å². The molecule has 2 fully saturated rings. The molecule has 0 unspecified atom stereocenters. The molecular formula is C15H18ClFN2O. The van der Waals surface area contributed by atoms with Crippen molar-refractivity contribution in [1.29, 1.82) is 0 Å². The Labute approximate surface area is 123 Å². The molecule has 0 aromatic heterocycles.